The normalized spacial score (nSPS) is 13.7. The molecule has 0 spiro atoms. The Morgan fingerprint density at radius 3 is 2.26 bits per heavy atom. The third-order valence-electron chi connectivity index (χ3n) is 2.61. The quantitative estimate of drug-likeness (QED) is 0.771. The van der Waals surface area contributed by atoms with Gasteiger partial charge in [-0.25, -0.2) is 13.1 Å². The van der Waals surface area contributed by atoms with Crippen LogP contribution >= 0.6 is 0 Å². The molecule has 1 aromatic carbocycles. The number of nitrogens with one attached hydrogen (secondary N) is 2. The number of nitrogens with zero attached hydrogens (tertiary/aromatic N) is 1. The molecule has 5 nitrogen and oxygen atoms in total. The molecule has 6 heteroatoms. The standard InChI is InChI=1S/C13H23N3O2S/c1-11(10-16(3)4)15-19(17,18)13-7-5-12(6-8-13)9-14-2/h5-8,11,14-15H,9-10H2,1-4H3. The van der Waals surface area contributed by atoms with Crippen molar-refractivity contribution in [1.82, 2.24) is 14.9 Å². The molecule has 0 saturated heterocycles. The lowest BCUT2D eigenvalue weighted by molar-refractivity contribution is 0.370. The third-order valence-corrected chi connectivity index (χ3v) is 4.22. The lowest BCUT2D eigenvalue weighted by atomic mass is 10.2. The second-order valence-electron chi connectivity index (χ2n) is 4.96. The van der Waals surface area contributed by atoms with E-state index in [0.717, 1.165) is 12.1 Å². The maximum Gasteiger partial charge on any atom is 0.240 e. The zero-order valence-corrected chi connectivity index (χ0v) is 12.8. The first kappa shape index (κ1) is 16.1. The molecule has 1 aromatic rings. The molecule has 1 rings (SSSR count). The summed E-state index contributed by atoms with van der Waals surface area (Å²) < 4.78 is 27.0. The summed E-state index contributed by atoms with van der Waals surface area (Å²) in [6.45, 7) is 3.24. The number of sulfonamides is 1. The summed E-state index contributed by atoms with van der Waals surface area (Å²) in [5.74, 6) is 0. The maximum absolute atomic E-state index is 12.1. The van der Waals surface area contributed by atoms with E-state index in [1.54, 1.807) is 12.1 Å². The summed E-state index contributed by atoms with van der Waals surface area (Å²) in [4.78, 5) is 2.25. The summed E-state index contributed by atoms with van der Waals surface area (Å²) >= 11 is 0. The van der Waals surface area contributed by atoms with Gasteiger partial charge in [0.05, 0.1) is 4.90 Å². The van der Waals surface area contributed by atoms with E-state index in [9.17, 15) is 8.42 Å². The Labute approximate surface area is 116 Å². The van der Waals surface area contributed by atoms with Gasteiger partial charge in [-0.2, -0.15) is 0 Å². The van der Waals surface area contributed by atoms with Crippen LogP contribution in [0.15, 0.2) is 29.2 Å². The van der Waals surface area contributed by atoms with Crippen LogP contribution < -0.4 is 10.0 Å². The van der Waals surface area contributed by atoms with Crippen LogP contribution in [0.3, 0.4) is 0 Å². The number of benzene rings is 1. The molecule has 1 atom stereocenters. The van der Waals surface area contributed by atoms with Crippen LogP contribution in [0.5, 0.6) is 0 Å². The van der Waals surface area contributed by atoms with Gasteiger partial charge in [-0.3, -0.25) is 0 Å². The Bertz CT molecular complexity index is 483. The summed E-state index contributed by atoms with van der Waals surface area (Å²) in [7, 11) is 2.25. The molecule has 2 N–H and O–H groups in total. The fourth-order valence-electron chi connectivity index (χ4n) is 1.91. The van der Waals surface area contributed by atoms with Crippen molar-refractivity contribution in [2.24, 2.45) is 0 Å². The Kier molecular flexibility index (Phi) is 5.93. The van der Waals surface area contributed by atoms with Gasteiger partial charge in [-0.05, 0) is 45.8 Å². The van der Waals surface area contributed by atoms with E-state index in [1.165, 1.54) is 0 Å². The van der Waals surface area contributed by atoms with Crippen LogP contribution in [-0.4, -0.2) is 47.0 Å². The molecular formula is C13H23N3O2S. The van der Waals surface area contributed by atoms with Crippen molar-refractivity contribution < 1.29 is 8.42 Å². The van der Waals surface area contributed by atoms with Crippen molar-refractivity contribution in [3.05, 3.63) is 29.8 Å². The Hall–Kier alpha value is -0.950. The van der Waals surface area contributed by atoms with Crippen molar-refractivity contribution in [2.75, 3.05) is 27.7 Å². The first-order valence-electron chi connectivity index (χ1n) is 6.25. The molecule has 0 amide bonds. The van der Waals surface area contributed by atoms with Crippen LogP contribution in [0, 0.1) is 0 Å². The van der Waals surface area contributed by atoms with Crippen LogP contribution in [0.4, 0.5) is 0 Å². The van der Waals surface area contributed by atoms with E-state index in [0.29, 0.717) is 11.4 Å². The summed E-state index contributed by atoms with van der Waals surface area (Å²) in [6.07, 6.45) is 0. The van der Waals surface area contributed by atoms with Crippen LogP contribution in [0.2, 0.25) is 0 Å². The van der Waals surface area contributed by atoms with Gasteiger partial charge < -0.3 is 10.2 Å². The van der Waals surface area contributed by atoms with Gasteiger partial charge in [0.25, 0.3) is 0 Å². The van der Waals surface area contributed by atoms with Gasteiger partial charge in [0, 0.05) is 19.1 Å². The number of likely N-dealkylation sites (N-methyl/N-ethyl adjacent to an activating group) is 1. The topological polar surface area (TPSA) is 61.4 Å². The molecule has 0 radical (unpaired) electrons. The molecule has 0 aliphatic heterocycles. The predicted molar refractivity (Wildman–Crippen MR) is 77.5 cm³/mol. The van der Waals surface area contributed by atoms with Gasteiger partial charge in [0.15, 0.2) is 0 Å². The minimum absolute atomic E-state index is 0.128. The second kappa shape index (κ2) is 7.00. The average molecular weight is 285 g/mol. The van der Waals surface area contributed by atoms with Gasteiger partial charge >= 0.3 is 0 Å². The average Bonchev–Trinajstić information content (AvgIpc) is 2.28. The molecule has 0 aromatic heterocycles. The molecular weight excluding hydrogens is 262 g/mol. The largest absolute Gasteiger partial charge is 0.316 e. The van der Waals surface area contributed by atoms with E-state index in [2.05, 4.69) is 10.0 Å². The minimum atomic E-state index is -3.43. The zero-order valence-electron chi connectivity index (χ0n) is 12.0. The highest BCUT2D eigenvalue weighted by atomic mass is 32.2. The van der Waals surface area contributed by atoms with E-state index >= 15 is 0 Å². The fourth-order valence-corrected chi connectivity index (χ4v) is 3.14. The third kappa shape index (κ3) is 5.28. The lowest BCUT2D eigenvalue weighted by Gasteiger charge is -2.18. The monoisotopic (exact) mass is 285 g/mol. The molecule has 0 heterocycles. The summed E-state index contributed by atoms with van der Waals surface area (Å²) in [5.41, 5.74) is 1.06. The van der Waals surface area contributed by atoms with Crippen molar-refractivity contribution in [1.29, 1.82) is 0 Å². The predicted octanol–water partition coefficient (Wildman–Crippen LogP) is 0.634. The molecule has 1 unspecified atom stereocenters. The number of rotatable bonds is 7. The number of hydrogen-bond donors (Lipinski definition) is 2. The summed E-state index contributed by atoms with van der Waals surface area (Å²) in [6, 6.07) is 6.79. The van der Waals surface area contributed by atoms with E-state index < -0.39 is 10.0 Å². The molecule has 0 aliphatic carbocycles. The SMILES string of the molecule is CNCc1ccc(S(=O)(=O)NC(C)CN(C)C)cc1. The van der Waals surface area contributed by atoms with Crippen molar-refractivity contribution in [2.45, 2.75) is 24.4 Å². The molecule has 108 valence electrons. The molecule has 19 heavy (non-hydrogen) atoms. The highest BCUT2D eigenvalue weighted by molar-refractivity contribution is 7.89. The minimum Gasteiger partial charge on any atom is -0.316 e. The molecule has 0 aliphatic rings. The maximum atomic E-state index is 12.1. The van der Waals surface area contributed by atoms with Crippen molar-refractivity contribution in [3.8, 4) is 0 Å². The second-order valence-corrected chi connectivity index (χ2v) is 6.67. The first-order chi connectivity index (χ1) is 8.85. The molecule has 0 bridgehead atoms. The van der Waals surface area contributed by atoms with Gasteiger partial charge in [-0.15, -0.1) is 0 Å². The Balaban J connectivity index is 2.76. The van der Waals surface area contributed by atoms with Crippen LogP contribution in [0.25, 0.3) is 0 Å². The Morgan fingerprint density at radius 1 is 1.21 bits per heavy atom. The zero-order chi connectivity index (χ0) is 14.5. The van der Waals surface area contributed by atoms with Crippen molar-refractivity contribution in [3.63, 3.8) is 0 Å². The van der Waals surface area contributed by atoms with Gasteiger partial charge in [0.2, 0.25) is 10.0 Å². The molecule has 0 fully saturated rings. The van der Waals surface area contributed by atoms with Gasteiger partial charge in [0.1, 0.15) is 0 Å². The van der Waals surface area contributed by atoms with E-state index in [-0.39, 0.29) is 6.04 Å². The van der Waals surface area contributed by atoms with Gasteiger partial charge in [-0.1, -0.05) is 12.1 Å². The Morgan fingerprint density at radius 2 is 1.79 bits per heavy atom. The van der Waals surface area contributed by atoms with E-state index in [4.69, 9.17) is 0 Å². The van der Waals surface area contributed by atoms with Crippen LogP contribution in [-0.2, 0) is 16.6 Å². The van der Waals surface area contributed by atoms with Crippen molar-refractivity contribution >= 4 is 10.0 Å². The smallest absolute Gasteiger partial charge is 0.240 e. The summed E-state index contributed by atoms with van der Waals surface area (Å²) in [5, 5.41) is 3.03. The van der Waals surface area contributed by atoms with E-state index in [1.807, 2.05) is 45.1 Å². The highest BCUT2D eigenvalue weighted by Gasteiger charge is 2.17. The fraction of sp³-hybridized carbons (Fsp3) is 0.538. The highest BCUT2D eigenvalue weighted by Crippen LogP contribution is 2.11. The lowest BCUT2D eigenvalue weighted by Crippen LogP contribution is -2.39. The molecule has 0 saturated carbocycles. The van der Waals surface area contributed by atoms with Crippen LogP contribution in [0.1, 0.15) is 12.5 Å². The first-order valence-corrected chi connectivity index (χ1v) is 7.74. The number of hydrogen-bond acceptors (Lipinski definition) is 4.